The molecule has 0 aliphatic carbocycles. The Labute approximate surface area is 146 Å². The van der Waals surface area contributed by atoms with Gasteiger partial charge < -0.3 is 14.5 Å². The Hall–Kier alpha value is -2.67. The lowest BCUT2D eigenvalue weighted by Gasteiger charge is -2.36. The van der Waals surface area contributed by atoms with E-state index in [1.807, 2.05) is 43.6 Å². The maximum absolute atomic E-state index is 12.9. The van der Waals surface area contributed by atoms with Crippen LogP contribution >= 0.6 is 0 Å². The van der Waals surface area contributed by atoms with Gasteiger partial charge in [-0.3, -0.25) is 14.3 Å². The van der Waals surface area contributed by atoms with Crippen LogP contribution in [0.2, 0.25) is 0 Å². The van der Waals surface area contributed by atoms with Crippen molar-refractivity contribution in [3.05, 3.63) is 53.9 Å². The Balaban J connectivity index is 1.72. The molecule has 1 aliphatic heterocycles. The van der Waals surface area contributed by atoms with Crippen LogP contribution in [0.25, 0.3) is 0 Å². The summed E-state index contributed by atoms with van der Waals surface area (Å²) in [5.41, 5.74) is 1.93. The standard InChI is InChI=1S/C18H22N4O3/c1-20(9-15-8-19-21(2)10-15)18(24)16-12-25-13-17(23)22(16)11-14-6-4-3-5-7-14/h3-8,10,16H,9,11-13H2,1-2H3/t16-/m1/s1. The second kappa shape index (κ2) is 7.48. The SMILES string of the molecule is CN(Cc1cnn(C)c1)C(=O)[C@H]1COCC(=O)N1Cc1ccccc1. The van der Waals surface area contributed by atoms with Crippen LogP contribution in [0.1, 0.15) is 11.1 Å². The molecule has 0 spiro atoms. The lowest BCUT2D eigenvalue weighted by molar-refractivity contribution is -0.159. The van der Waals surface area contributed by atoms with Gasteiger partial charge in [0.25, 0.3) is 0 Å². The van der Waals surface area contributed by atoms with Gasteiger partial charge in [-0.2, -0.15) is 5.10 Å². The van der Waals surface area contributed by atoms with Gasteiger partial charge in [-0.05, 0) is 5.56 Å². The van der Waals surface area contributed by atoms with Crippen LogP contribution in [0.4, 0.5) is 0 Å². The van der Waals surface area contributed by atoms with E-state index in [-0.39, 0.29) is 25.0 Å². The molecule has 1 aliphatic rings. The van der Waals surface area contributed by atoms with Crippen LogP contribution in [0, 0.1) is 0 Å². The number of aromatic nitrogens is 2. The van der Waals surface area contributed by atoms with Gasteiger partial charge in [0, 0.05) is 38.9 Å². The first-order valence-corrected chi connectivity index (χ1v) is 8.18. The Kier molecular flexibility index (Phi) is 5.14. The third-order valence-corrected chi connectivity index (χ3v) is 4.23. The van der Waals surface area contributed by atoms with Crippen molar-refractivity contribution in [2.75, 3.05) is 20.3 Å². The quantitative estimate of drug-likeness (QED) is 0.806. The molecule has 1 atom stereocenters. The van der Waals surface area contributed by atoms with Crippen molar-refractivity contribution in [1.82, 2.24) is 19.6 Å². The van der Waals surface area contributed by atoms with E-state index >= 15 is 0 Å². The van der Waals surface area contributed by atoms with E-state index in [4.69, 9.17) is 4.74 Å². The molecule has 0 radical (unpaired) electrons. The molecule has 1 fully saturated rings. The Morgan fingerprint density at radius 1 is 1.32 bits per heavy atom. The largest absolute Gasteiger partial charge is 0.369 e. The number of carbonyl (C=O) groups excluding carboxylic acids is 2. The second-order valence-corrected chi connectivity index (χ2v) is 6.25. The minimum Gasteiger partial charge on any atom is -0.369 e. The molecule has 7 nitrogen and oxygen atoms in total. The van der Waals surface area contributed by atoms with Gasteiger partial charge in [0.1, 0.15) is 12.6 Å². The molecule has 0 bridgehead atoms. The van der Waals surface area contributed by atoms with E-state index < -0.39 is 6.04 Å². The first-order valence-electron chi connectivity index (χ1n) is 8.18. The number of rotatable bonds is 5. The zero-order chi connectivity index (χ0) is 17.8. The maximum atomic E-state index is 12.9. The molecule has 25 heavy (non-hydrogen) atoms. The smallest absolute Gasteiger partial charge is 0.249 e. The lowest BCUT2D eigenvalue weighted by atomic mass is 10.1. The van der Waals surface area contributed by atoms with Gasteiger partial charge in [-0.25, -0.2) is 0 Å². The number of aryl methyl sites for hydroxylation is 1. The van der Waals surface area contributed by atoms with Gasteiger partial charge in [-0.1, -0.05) is 30.3 Å². The van der Waals surface area contributed by atoms with Crippen LogP contribution in [0.5, 0.6) is 0 Å². The fourth-order valence-corrected chi connectivity index (χ4v) is 2.95. The van der Waals surface area contributed by atoms with E-state index in [9.17, 15) is 9.59 Å². The predicted octanol–water partition coefficient (Wildman–Crippen LogP) is 0.806. The monoisotopic (exact) mass is 342 g/mol. The first kappa shape index (κ1) is 17.2. The Morgan fingerprint density at radius 3 is 2.76 bits per heavy atom. The summed E-state index contributed by atoms with van der Waals surface area (Å²) in [7, 11) is 3.57. The summed E-state index contributed by atoms with van der Waals surface area (Å²) < 4.78 is 7.03. The molecule has 2 heterocycles. The molecule has 3 rings (SSSR count). The molecule has 2 aromatic rings. The number of hydrogen-bond donors (Lipinski definition) is 0. The van der Waals surface area contributed by atoms with Crippen LogP contribution in [0.15, 0.2) is 42.7 Å². The number of hydrogen-bond acceptors (Lipinski definition) is 4. The van der Waals surface area contributed by atoms with E-state index in [1.165, 1.54) is 0 Å². The molecular formula is C18H22N4O3. The minimum absolute atomic E-state index is 0.0168. The van der Waals surface area contributed by atoms with Gasteiger partial charge in [0.2, 0.25) is 11.8 Å². The van der Waals surface area contributed by atoms with E-state index in [0.29, 0.717) is 13.1 Å². The summed E-state index contributed by atoms with van der Waals surface area (Å²) in [5, 5.41) is 4.11. The van der Waals surface area contributed by atoms with Gasteiger partial charge >= 0.3 is 0 Å². The summed E-state index contributed by atoms with van der Waals surface area (Å²) in [6.45, 7) is 1.08. The summed E-state index contributed by atoms with van der Waals surface area (Å²) in [6, 6.07) is 9.06. The number of nitrogens with zero attached hydrogens (tertiary/aromatic N) is 4. The molecule has 1 aromatic carbocycles. The molecular weight excluding hydrogens is 320 g/mol. The molecule has 1 aromatic heterocycles. The number of likely N-dealkylation sites (N-methyl/N-ethyl adjacent to an activating group) is 1. The minimum atomic E-state index is -0.608. The molecule has 1 saturated heterocycles. The molecule has 0 N–H and O–H groups in total. The highest BCUT2D eigenvalue weighted by Crippen LogP contribution is 2.16. The zero-order valence-corrected chi connectivity index (χ0v) is 14.5. The summed E-state index contributed by atoms with van der Waals surface area (Å²) in [5.74, 6) is -0.295. The van der Waals surface area contributed by atoms with Crippen molar-refractivity contribution in [2.45, 2.75) is 19.1 Å². The van der Waals surface area contributed by atoms with Crippen molar-refractivity contribution < 1.29 is 14.3 Å². The Morgan fingerprint density at radius 2 is 2.08 bits per heavy atom. The number of ether oxygens (including phenoxy) is 1. The van der Waals surface area contributed by atoms with Crippen molar-refractivity contribution in [3.63, 3.8) is 0 Å². The van der Waals surface area contributed by atoms with Crippen LogP contribution < -0.4 is 0 Å². The topological polar surface area (TPSA) is 67.7 Å². The molecule has 132 valence electrons. The van der Waals surface area contributed by atoms with Crippen molar-refractivity contribution in [1.29, 1.82) is 0 Å². The second-order valence-electron chi connectivity index (χ2n) is 6.25. The fourth-order valence-electron chi connectivity index (χ4n) is 2.95. The zero-order valence-electron chi connectivity index (χ0n) is 14.5. The summed E-state index contributed by atoms with van der Waals surface area (Å²) in [4.78, 5) is 28.4. The third-order valence-electron chi connectivity index (χ3n) is 4.23. The number of carbonyl (C=O) groups is 2. The fraction of sp³-hybridized carbons (Fsp3) is 0.389. The van der Waals surface area contributed by atoms with Gasteiger partial charge in [0.05, 0.1) is 12.8 Å². The van der Waals surface area contributed by atoms with Crippen molar-refractivity contribution in [3.8, 4) is 0 Å². The number of morpholine rings is 1. The number of benzene rings is 1. The summed E-state index contributed by atoms with van der Waals surface area (Å²) >= 11 is 0. The van der Waals surface area contributed by atoms with Gasteiger partial charge in [-0.15, -0.1) is 0 Å². The van der Waals surface area contributed by atoms with E-state index in [0.717, 1.165) is 11.1 Å². The Bertz CT molecular complexity index is 744. The number of amides is 2. The predicted molar refractivity (Wildman–Crippen MR) is 91.3 cm³/mol. The normalized spacial score (nSPS) is 17.6. The van der Waals surface area contributed by atoms with Crippen LogP contribution in [0.3, 0.4) is 0 Å². The highest BCUT2D eigenvalue weighted by Gasteiger charge is 2.35. The maximum Gasteiger partial charge on any atom is 0.249 e. The van der Waals surface area contributed by atoms with E-state index in [2.05, 4.69) is 5.10 Å². The first-order chi connectivity index (χ1) is 12.0. The summed E-state index contributed by atoms with van der Waals surface area (Å²) in [6.07, 6.45) is 3.60. The average molecular weight is 342 g/mol. The van der Waals surface area contributed by atoms with E-state index in [1.54, 1.807) is 27.7 Å². The molecule has 0 unspecified atom stereocenters. The van der Waals surface area contributed by atoms with Crippen molar-refractivity contribution in [2.24, 2.45) is 7.05 Å². The lowest BCUT2D eigenvalue weighted by Crippen LogP contribution is -2.56. The highest BCUT2D eigenvalue weighted by molar-refractivity contribution is 5.89. The molecule has 7 heteroatoms. The molecule has 0 saturated carbocycles. The van der Waals surface area contributed by atoms with Gasteiger partial charge in [0.15, 0.2) is 0 Å². The highest BCUT2D eigenvalue weighted by atomic mass is 16.5. The van der Waals surface area contributed by atoms with Crippen molar-refractivity contribution >= 4 is 11.8 Å². The molecule has 2 amide bonds. The third kappa shape index (κ3) is 4.06. The average Bonchev–Trinajstić information content (AvgIpc) is 3.02. The van der Waals surface area contributed by atoms with Crippen LogP contribution in [-0.4, -0.2) is 57.7 Å². The van der Waals surface area contributed by atoms with Crippen LogP contribution in [-0.2, 0) is 34.5 Å².